The summed E-state index contributed by atoms with van der Waals surface area (Å²) in [5, 5.41) is 3.50. The zero-order chi connectivity index (χ0) is 23.9. The summed E-state index contributed by atoms with van der Waals surface area (Å²) in [6.07, 6.45) is 5.54. The summed E-state index contributed by atoms with van der Waals surface area (Å²) >= 11 is 0. The van der Waals surface area contributed by atoms with Gasteiger partial charge in [-0.2, -0.15) is 0 Å². The summed E-state index contributed by atoms with van der Waals surface area (Å²) in [7, 11) is 1.67. The van der Waals surface area contributed by atoms with E-state index in [1.54, 1.807) is 25.6 Å². The second kappa shape index (κ2) is 8.87. The molecule has 3 heterocycles. The summed E-state index contributed by atoms with van der Waals surface area (Å²) in [5.41, 5.74) is 3.43. The first-order chi connectivity index (χ1) is 16.4. The number of amides is 1. The molecule has 2 aliphatic rings. The van der Waals surface area contributed by atoms with Gasteiger partial charge in [0.15, 0.2) is 0 Å². The number of ether oxygens (including phenoxy) is 1. The van der Waals surface area contributed by atoms with E-state index in [0.717, 1.165) is 47.6 Å². The Morgan fingerprint density at radius 1 is 1.24 bits per heavy atom. The molecule has 1 N–H and O–H groups in total. The third-order valence-corrected chi connectivity index (χ3v) is 7.58. The molecular formula is C27H31FN4O2. The number of nitrogens with one attached hydrogen (secondary N) is 1. The van der Waals surface area contributed by atoms with Gasteiger partial charge < -0.3 is 19.5 Å². The Bertz CT molecular complexity index is 1190. The number of aromatic nitrogens is 2. The van der Waals surface area contributed by atoms with Crippen LogP contribution in [-0.2, 0) is 4.79 Å². The molecule has 0 radical (unpaired) electrons. The minimum absolute atomic E-state index is 0.0516. The van der Waals surface area contributed by atoms with Crippen molar-refractivity contribution in [1.82, 2.24) is 19.8 Å². The quantitative estimate of drug-likeness (QED) is 0.611. The van der Waals surface area contributed by atoms with Crippen LogP contribution in [0.1, 0.15) is 48.5 Å². The Morgan fingerprint density at radius 2 is 2.03 bits per heavy atom. The molecule has 1 amide bonds. The molecule has 3 aromatic rings. The molecular weight excluding hydrogens is 431 g/mol. The van der Waals surface area contributed by atoms with Crippen molar-refractivity contribution in [2.45, 2.75) is 38.6 Å². The third-order valence-electron chi connectivity index (χ3n) is 7.58. The second-order valence-corrected chi connectivity index (χ2v) is 9.52. The molecule has 3 unspecified atom stereocenters. The molecule has 3 atom stereocenters. The van der Waals surface area contributed by atoms with Gasteiger partial charge in [-0.1, -0.05) is 18.2 Å². The highest BCUT2D eigenvalue weighted by atomic mass is 19.1. The number of methoxy groups -OCH3 is 1. The van der Waals surface area contributed by atoms with Crippen molar-refractivity contribution in [3.05, 3.63) is 77.6 Å². The average molecular weight is 463 g/mol. The average Bonchev–Trinajstić information content (AvgIpc) is 3.47. The normalized spacial score (nSPS) is 23.5. The summed E-state index contributed by atoms with van der Waals surface area (Å²) in [4.78, 5) is 20.3. The fourth-order valence-electron chi connectivity index (χ4n) is 5.71. The van der Waals surface area contributed by atoms with Crippen LogP contribution < -0.4 is 10.1 Å². The number of hydrogen-bond donors (Lipinski definition) is 1. The number of nitrogens with zero attached hydrogens (tertiary/aromatic N) is 3. The smallest absolute Gasteiger partial charge is 0.231 e. The van der Waals surface area contributed by atoms with Crippen LogP contribution in [0.25, 0.3) is 5.69 Å². The second-order valence-electron chi connectivity index (χ2n) is 9.52. The molecule has 0 bridgehead atoms. The Morgan fingerprint density at radius 3 is 2.74 bits per heavy atom. The van der Waals surface area contributed by atoms with Crippen LogP contribution in [0, 0.1) is 18.2 Å². The topological polar surface area (TPSA) is 59.4 Å². The van der Waals surface area contributed by atoms with Crippen LogP contribution >= 0.6 is 0 Å². The molecule has 1 spiro atoms. The number of likely N-dealkylation sites (tertiary alicyclic amines) is 1. The van der Waals surface area contributed by atoms with Gasteiger partial charge in [-0.3, -0.25) is 4.79 Å². The fraction of sp³-hybridized carbons (Fsp3) is 0.407. The maximum Gasteiger partial charge on any atom is 0.231 e. The van der Waals surface area contributed by atoms with Gasteiger partial charge in [0.1, 0.15) is 11.6 Å². The number of imidazole rings is 1. The van der Waals surface area contributed by atoms with Gasteiger partial charge in [0.25, 0.3) is 0 Å². The molecule has 2 aromatic carbocycles. The van der Waals surface area contributed by atoms with E-state index in [-0.39, 0.29) is 23.7 Å². The van der Waals surface area contributed by atoms with Crippen LogP contribution in [0.5, 0.6) is 5.75 Å². The molecule has 6 nitrogen and oxygen atoms in total. The van der Waals surface area contributed by atoms with Crippen molar-refractivity contribution in [3.8, 4) is 11.4 Å². The van der Waals surface area contributed by atoms with Crippen molar-refractivity contribution in [1.29, 1.82) is 0 Å². The van der Waals surface area contributed by atoms with E-state index in [9.17, 15) is 9.18 Å². The van der Waals surface area contributed by atoms with Crippen LogP contribution in [0.3, 0.4) is 0 Å². The highest BCUT2D eigenvalue weighted by Gasteiger charge is 2.53. The van der Waals surface area contributed by atoms with Crippen LogP contribution in [0.2, 0.25) is 0 Å². The Labute approximate surface area is 199 Å². The number of piperidine rings is 1. The first-order valence-electron chi connectivity index (χ1n) is 11.9. The number of carbonyl (C=O) groups excluding carboxylic acids is 1. The van der Waals surface area contributed by atoms with E-state index in [1.165, 1.54) is 12.1 Å². The molecule has 2 saturated heterocycles. The third kappa shape index (κ3) is 3.78. The molecule has 7 heteroatoms. The van der Waals surface area contributed by atoms with Crippen molar-refractivity contribution in [2.75, 3.05) is 26.7 Å². The van der Waals surface area contributed by atoms with E-state index < -0.39 is 5.41 Å². The standard InChI is InChI=1S/C27H31FN4O2/c1-18-15-31(17-30-18)24-10-7-21(13-25(24)34-3)23-14-29-16-27(23)11-4-12-32(26(27)33)19(2)20-5-8-22(28)9-6-20/h5-10,13,15,17,19,23,29H,4,11-12,14,16H2,1-3H3. The highest BCUT2D eigenvalue weighted by Crippen LogP contribution is 2.48. The Balaban J connectivity index is 1.46. The number of halogens is 1. The highest BCUT2D eigenvalue weighted by molar-refractivity contribution is 5.86. The SMILES string of the molecule is COc1cc(C2CNCC23CCCN(C(C)c2ccc(F)cc2)C3=O)ccc1-n1cnc(C)c1. The van der Waals surface area contributed by atoms with Gasteiger partial charge in [-0.25, -0.2) is 9.37 Å². The maximum absolute atomic E-state index is 14.0. The molecule has 5 rings (SSSR count). The lowest BCUT2D eigenvalue weighted by molar-refractivity contribution is -0.148. The van der Waals surface area contributed by atoms with E-state index in [2.05, 4.69) is 22.4 Å². The Kier molecular flexibility index (Phi) is 5.90. The first kappa shape index (κ1) is 22.6. The van der Waals surface area contributed by atoms with E-state index in [1.807, 2.05) is 35.6 Å². The number of carbonyl (C=O) groups is 1. The van der Waals surface area contributed by atoms with Crippen molar-refractivity contribution in [2.24, 2.45) is 5.41 Å². The number of aryl methyl sites for hydroxylation is 1. The molecule has 178 valence electrons. The summed E-state index contributed by atoms with van der Waals surface area (Å²) in [5.74, 6) is 0.729. The molecule has 0 aliphatic carbocycles. The van der Waals surface area contributed by atoms with E-state index in [4.69, 9.17) is 4.74 Å². The lowest BCUT2D eigenvalue weighted by Crippen LogP contribution is -2.52. The first-order valence-corrected chi connectivity index (χ1v) is 11.9. The van der Waals surface area contributed by atoms with Gasteiger partial charge in [0.2, 0.25) is 5.91 Å². The van der Waals surface area contributed by atoms with Crippen LogP contribution in [0.4, 0.5) is 4.39 Å². The lowest BCUT2D eigenvalue weighted by Gasteiger charge is -2.45. The number of rotatable bonds is 5. The summed E-state index contributed by atoms with van der Waals surface area (Å²) < 4.78 is 21.1. The van der Waals surface area contributed by atoms with E-state index >= 15 is 0 Å². The monoisotopic (exact) mass is 462 g/mol. The molecule has 2 fully saturated rings. The fourth-order valence-corrected chi connectivity index (χ4v) is 5.71. The van der Waals surface area contributed by atoms with Gasteiger partial charge in [0, 0.05) is 31.7 Å². The lowest BCUT2D eigenvalue weighted by atomic mass is 9.68. The minimum Gasteiger partial charge on any atom is -0.495 e. The van der Waals surface area contributed by atoms with Crippen molar-refractivity contribution >= 4 is 5.91 Å². The predicted octanol–water partition coefficient (Wildman–Crippen LogP) is 4.39. The minimum atomic E-state index is -0.495. The molecule has 2 aliphatic heterocycles. The maximum atomic E-state index is 14.0. The molecule has 0 saturated carbocycles. The predicted molar refractivity (Wildman–Crippen MR) is 129 cm³/mol. The van der Waals surface area contributed by atoms with Crippen LogP contribution in [0.15, 0.2) is 55.0 Å². The summed E-state index contributed by atoms with van der Waals surface area (Å²) in [6, 6.07) is 12.6. The van der Waals surface area contributed by atoms with Gasteiger partial charge in [0.05, 0.1) is 36.3 Å². The van der Waals surface area contributed by atoms with Gasteiger partial charge in [-0.05, 0) is 62.1 Å². The van der Waals surface area contributed by atoms with Crippen molar-refractivity contribution < 1.29 is 13.9 Å². The Hall–Kier alpha value is -3.19. The molecule has 34 heavy (non-hydrogen) atoms. The van der Waals surface area contributed by atoms with Crippen molar-refractivity contribution in [3.63, 3.8) is 0 Å². The van der Waals surface area contributed by atoms with Gasteiger partial charge >= 0.3 is 0 Å². The number of benzene rings is 2. The molecule has 1 aromatic heterocycles. The zero-order valence-corrected chi connectivity index (χ0v) is 19.9. The largest absolute Gasteiger partial charge is 0.495 e. The number of hydrogen-bond acceptors (Lipinski definition) is 4. The summed E-state index contributed by atoms with van der Waals surface area (Å²) in [6.45, 7) is 6.12. The van der Waals surface area contributed by atoms with Crippen LogP contribution in [-0.4, -0.2) is 47.1 Å². The zero-order valence-electron chi connectivity index (χ0n) is 19.9. The van der Waals surface area contributed by atoms with E-state index in [0.29, 0.717) is 13.1 Å². The van der Waals surface area contributed by atoms with Gasteiger partial charge in [-0.15, -0.1) is 0 Å².